The number of anilines is 1. The zero-order valence-corrected chi connectivity index (χ0v) is 11.9. The Morgan fingerprint density at radius 2 is 2.00 bits per heavy atom. The molecule has 3 nitrogen and oxygen atoms in total. The van der Waals surface area contributed by atoms with Crippen LogP contribution in [-0.2, 0) is 10.9 Å². The summed E-state index contributed by atoms with van der Waals surface area (Å²) in [4.78, 5) is 0. The molecule has 1 unspecified atom stereocenters. The lowest BCUT2D eigenvalue weighted by atomic mass is 10.2. The SMILES string of the molecule is CC(C)OCC(O)CNc1ccc(Cl)c(C(F)(F)F)c1. The highest BCUT2D eigenvalue weighted by Crippen LogP contribution is 2.36. The monoisotopic (exact) mass is 311 g/mol. The van der Waals surface area contributed by atoms with Crippen molar-refractivity contribution in [3.63, 3.8) is 0 Å². The lowest BCUT2D eigenvalue weighted by molar-refractivity contribution is -0.137. The molecule has 1 aromatic carbocycles. The summed E-state index contributed by atoms with van der Waals surface area (Å²) >= 11 is 5.51. The van der Waals surface area contributed by atoms with E-state index < -0.39 is 17.8 Å². The van der Waals surface area contributed by atoms with Gasteiger partial charge in [-0.3, -0.25) is 0 Å². The van der Waals surface area contributed by atoms with Crippen LogP contribution < -0.4 is 5.32 Å². The average Bonchev–Trinajstić information content (AvgIpc) is 2.33. The number of alkyl halides is 3. The van der Waals surface area contributed by atoms with Gasteiger partial charge in [-0.15, -0.1) is 0 Å². The van der Waals surface area contributed by atoms with Crippen LogP contribution in [0.5, 0.6) is 0 Å². The standard InChI is InChI=1S/C13H17ClF3NO2/c1-8(2)20-7-10(19)6-18-9-3-4-12(14)11(5-9)13(15,16)17/h3-5,8,10,18-19H,6-7H2,1-2H3. The maximum absolute atomic E-state index is 12.7. The molecule has 0 heterocycles. The molecule has 0 aliphatic carbocycles. The zero-order valence-electron chi connectivity index (χ0n) is 11.2. The summed E-state index contributed by atoms with van der Waals surface area (Å²) in [5, 5.41) is 12.0. The van der Waals surface area contributed by atoms with E-state index in [0.717, 1.165) is 6.07 Å². The minimum absolute atomic E-state index is 0.0167. The third-order valence-electron chi connectivity index (χ3n) is 2.44. The van der Waals surface area contributed by atoms with Crippen molar-refractivity contribution in [2.45, 2.75) is 32.2 Å². The second kappa shape index (κ2) is 7.15. The Bertz CT molecular complexity index is 438. The van der Waals surface area contributed by atoms with Crippen molar-refractivity contribution in [1.82, 2.24) is 0 Å². The highest BCUT2D eigenvalue weighted by molar-refractivity contribution is 6.31. The van der Waals surface area contributed by atoms with Crippen molar-refractivity contribution in [2.24, 2.45) is 0 Å². The van der Waals surface area contributed by atoms with Gasteiger partial charge in [-0.25, -0.2) is 0 Å². The highest BCUT2D eigenvalue weighted by atomic mass is 35.5. The third-order valence-corrected chi connectivity index (χ3v) is 2.77. The molecule has 0 spiro atoms. The maximum atomic E-state index is 12.7. The number of rotatable bonds is 6. The van der Waals surface area contributed by atoms with E-state index in [9.17, 15) is 18.3 Å². The first-order valence-corrected chi connectivity index (χ1v) is 6.48. The number of aliphatic hydroxyl groups is 1. The number of benzene rings is 1. The predicted octanol–water partition coefficient (Wildman–Crippen LogP) is 3.56. The van der Waals surface area contributed by atoms with E-state index >= 15 is 0 Å². The summed E-state index contributed by atoms with van der Waals surface area (Å²) in [5.74, 6) is 0. The fraction of sp³-hybridized carbons (Fsp3) is 0.538. The van der Waals surface area contributed by atoms with Gasteiger partial charge in [0.1, 0.15) is 0 Å². The second-order valence-corrected chi connectivity index (χ2v) is 5.02. The highest BCUT2D eigenvalue weighted by Gasteiger charge is 2.33. The van der Waals surface area contributed by atoms with Crippen molar-refractivity contribution in [3.8, 4) is 0 Å². The third kappa shape index (κ3) is 5.56. The quantitative estimate of drug-likeness (QED) is 0.844. The Balaban J connectivity index is 2.61. The number of hydrogen-bond acceptors (Lipinski definition) is 3. The minimum Gasteiger partial charge on any atom is -0.389 e. The Kier molecular flexibility index (Phi) is 6.10. The number of nitrogens with one attached hydrogen (secondary N) is 1. The number of halogens is 4. The molecule has 1 aromatic rings. The topological polar surface area (TPSA) is 41.5 Å². The molecule has 0 amide bonds. The first-order valence-electron chi connectivity index (χ1n) is 6.10. The van der Waals surface area contributed by atoms with E-state index in [-0.39, 0.29) is 30.0 Å². The normalized spacial score (nSPS) is 13.6. The molecule has 2 N–H and O–H groups in total. The van der Waals surface area contributed by atoms with Gasteiger partial charge in [-0.2, -0.15) is 13.2 Å². The van der Waals surface area contributed by atoms with Crippen LogP contribution in [0.2, 0.25) is 5.02 Å². The molecular weight excluding hydrogens is 295 g/mol. The first kappa shape index (κ1) is 17.1. The Labute approximate surface area is 120 Å². The molecule has 0 aromatic heterocycles. The van der Waals surface area contributed by atoms with E-state index in [1.807, 2.05) is 13.8 Å². The van der Waals surface area contributed by atoms with Crippen LogP contribution in [0.4, 0.5) is 18.9 Å². The lowest BCUT2D eigenvalue weighted by Gasteiger charge is -2.16. The van der Waals surface area contributed by atoms with Crippen LogP contribution in [-0.4, -0.2) is 30.5 Å². The van der Waals surface area contributed by atoms with E-state index in [2.05, 4.69) is 5.32 Å². The van der Waals surface area contributed by atoms with Crippen molar-refractivity contribution in [2.75, 3.05) is 18.5 Å². The van der Waals surface area contributed by atoms with E-state index in [1.165, 1.54) is 12.1 Å². The predicted molar refractivity (Wildman–Crippen MR) is 72.0 cm³/mol. The molecule has 0 saturated heterocycles. The average molecular weight is 312 g/mol. The first-order chi connectivity index (χ1) is 9.20. The van der Waals surface area contributed by atoms with Crippen LogP contribution in [0.3, 0.4) is 0 Å². The van der Waals surface area contributed by atoms with Gasteiger partial charge in [0, 0.05) is 12.2 Å². The van der Waals surface area contributed by atoms with Gasteiger partial charge in [0.05, 0.1) is 29.4 Å². The Morgan fingerprint density at radius 1 is 1.35 bits per heavy atom. The molecule has 20 heavy (non-hydrogen) atoms. The van der Waals surface area contributed by atoms with Crippen LogP contribution in [0, 0.1) is 0 Å². The van der Waals surface area contributed by atoms with Gasteiger partial charge in [-0.1, -0.05) is 11.6 Å². The number of hydrogen-bond donors (Lipinski definition) is 2. The van der Waals surface area contributed by atoms with Gasteiger partial charge in [0.2, 0.25) is 0 Å². The summed E-state index contributed by atoms with van der Waals surface area (Å²) < 4.78 is 43.2. The van der Waals surface area contributed by atoms with Gasteiger partial charge in [-0.05, 0) is 32.0 Å². The fourth-order valence-corrected chi connectivity index (χ4v) is 1.68. The summed E-state index contributed by atoms with van der Waals surface area (Å²) in [5.41, 5.74) is -0.664. The van der Waals surface area contributed by atoms with Crippen molar-refractivity contribution < 1.29 is 23.0 Å². The van der Waals surface area contributed by atoms with Crippen molar-refractivity contribution >= 4 is 17.3 Å². The summed E-state index contributed by atoms with van der Waals surface area (Å²) in [6, 6.07) is 3.51. The van der Waals surface area contributed by atoms with Crippen molar-refractivity contribution in [1.29, 1.82) is 0 Å². The molecule has 0 aliphatic rings. The van der Waals surface area contributed by atoms with Gasteiger partial charge >= 0.3 is 6.18 Å². The molecule has 1 atom stereocenters. The van der Waals surface area contributed by atoms with E-state index in [4.69, 9.17) is 16.3 Å². The zero-order chi connectivity index (χ0) is 15.3. The summed E-state index contributed by atoms with van der Waals surface area (Å²) in [6.07, 6.45) is -5.33. The Morgan fingerprint density at radius 3 is 2.55 bits per heavy atom. The van der Waals surface area contributed by atoms with Crippen molar-refractivity contribution in [3.05, 3.63) is 28.8 Å². The maximum Gasteiger partial charge on any atom is 0.417 e. The van der Waals surface area contributed by atoms with Gasteiger partial charge in [0.25, 0.3) is 0 Å². The molecule has 0 fully saturated rings. The molecule has 0 aliphatic heterocycles. The largest absolute Gasteiger partial charge is 0.417 e. The van der Waals surface area contributed by atoms with Crippen LogP contribution >= 0.6 is 11.6 Å². The summed E-state index contributed by atoms with van der Waals surface area (Å²) in [7, 11) is 0. The molecule has 0 radical (unpaired) electrons. The number of aliphatic hydroxyl groups excluding tert-OH is 1. The lowest BCUT2D eigenvalue weighted by Crippen LogP contribution is -2.26. The van der Waals surface area contributed by atoms with Crippen LogP contribution in [0.1, 0.15) is 19.4 Å². The van der Waals surface area contributed by atoms with Crippen LogP contribution in [0.25, 0.3) is 0 Å². The Hall–Kier alpha value is -0.980. The summed E-state index contributed by atoms with van der Waals surface area (Å²) in [6.45, 7) is 3.86. The molecular formula is C13H17ClF3NO2. The van der Waals surface area contributed by atoms with E-state index in [0.29, 0.717) is 0 Å². The number of ether oxygens (including phenoxy) is 1. The van der Waals surface area contributed by atoms with Gasteiger partial charge < -0.3 is 15.2 Å². The van der Waals surface area contributed by atoms with Gasteiger partial charge in [0.15, 0.2) is 0 Å². The molecule has 7 heteroatoms. The minimum atomic E-state index is -4.51. The fourth-order valence-electron chi connectivity index (χ4n) is 1.45. The smallest absolute Gasteiger partial charge is 0.389 e. The molecule has 1 rings (SSSR count). The van der Waals surface area contributed by atoms with Crippen LogP contribution in [0.15, 0.2) is 18.2 Å². The second-order valence-electron chi connectivity index (χ2n) is 4.61. The molecule has 0 saturated carbocycles. The van der Waals surface area contributed by atoms with E-state index in [1.54, 1.807) is 0 Å². The molecule has 114 valence electrons. The molecule has 0 bridgehead atoms.